The van der Waals surface area contributed by atoms with Crippen molar-refractivity contribution in [2.24, 2.45) is 0 Å². The molecule has 0 radical (unpaired) electrons. The Hall–Kier alpha value is -2.24. The summed E-state index contributed by atoms with van der Waals surface area (Å²) >= 11 is 0. The van der Waals surface area contributed by atoms with Crippen LogP contribution in [0.2, 0.25) is 0 Å². The van der Waals surface area contributed by atoms with E-state index < -0.39 is 23.7 Å². The third-order valence-electron chi connectivity index (χ3n) is 3.45. The molecule has 3 amide bonds. The molecule has 0 saturated carbocycles. The maximum Gasteiger partial charge on any atom is 0.254 e. The summed E-state index contributed by atoms with van der Waals surface area (Å²) in [6, 6.07) is 3.61. The molecule has 1 aliphatic rings. The van der Waals surface area contributed by atoms with Crippen molar-refractivity contribution in [2.45, 2.75) is 66.3 Å². The minimum absolute atomic E-state index is 0.107. The van der Waals surface area contributed by atoms with Gasteiger partial charge < -0.3 is 5.32 Å². The fraction of sp³-hybridized carbons (Fsp3) is 0.526. The number of imide groups is 1. The Kier molecular flexibility index (Phi) is 10.3. The van der Waals surface area contributed by atoms with E-state index in [2.05, 4.69) is 10.6 Å². The van der Waals surface area contributed by atoms with E-state index in [0.717, 1.165) is 5.56 Å². The number of carbonyl (C=O) groups is 3. The van der Waals surface area contributed by atoms with Crippen LogP contribution >= 0.6 is 0 Å². The van der Waals surface area contributed by atoms with E-state index in [4.69, 9.17) is 0 Å². The van der Waals surface area contributed by atoms with E-state index in [1.54, 1.807) is 6.07 Å². The number of hydrogen-bond donors (Lipinski definition) is 2. The summed E-state index contributed by atoms with van der Waals surface area (Å²) in [6.45, 7) is 11.9. The van der Waals surface area contributed by atoms with Crippen molar-refractivity contribution in [3.63, 3.8) is 0 Å². The fourth-order valence-electron chi connectivity index (χ4n) is 2.14. The SMILES string of the molecule is CC.CC.CC(C)c1ccc(C(=O)NC2CCC(=O)NC2=O)c(F)c1. The molecule has 0 bridgehead atoms. The molecule has 1 aliphatic heterocycles. The monoisotopic (exact) mass is 352 g/mol. The van der Waals surface area contributed by atoms with Crippen LogP contribution in [-0.2, 0) is 9.59 Å². The van der Waals surface area contributed by atoms with E-state index in [0.29, 0.717) is 0 Å². The average Bonchev–Trinajstić information content (AvgIpc) is 2.60. The van der Waals surface area contributed by atoms with E-state index in [1.807, 2.05) is 41.5 Å². The third-order valence-corrected chi connectivity index (χ3v) is 3.45. The predicted octanol–water partition coefficient (Wildman–Crippen LogP) is 3.54. The Labute approximate surface area is 149 Å². The van der Waals surface area contributed by atoms with Crippen LogP contribution in [-0.4, -0.2) is 23.8 Å². The number of piperidine rings is 1. The van der Waals surface area contributed by atoms with Gasteiger partial charge in [0, 0.05) is 6.42 Å². The molecule has 6 heteroatoms. The molecule has 0 aliphatic carbocycles. The molecule has 140 valence electrons. The van der Waals surface area contributed by atoms with E-state index in [1.165, 1.54) is 12.1 Å². The zero-order valence-corrected chi connectivity index (χ0v) is 15.9. The average molecular weight is 352 g/mol. The first kappa shape index (κ1) is 22.8. The molecule has 0 aromatic heterocycles. The predicted molar refractivity (Wildman–Crippen MR) is 96.8 cm³/mol. The van der Waals surface area contributed by atoms with Crippen LogP contribution in [0.25, 0.3) is 0 Å². The number of nitrogens with one attached hydrogen (secondary N) is 2. The van der Waals surface area contributed by atoms with Gasteiger partial charge >= 0.3 is 0 Å². The van der Waals surface area contributed by atoms with Crippen LogP contribution in [0.3, 0.4) is 0 Å². The van der Waals surface area contributed by atoms with Crippen molar-refractivity contribution < 1.29 is 18.8 Å². The van der Waals surface area contributed by atoms with E-state index in [-0.39, 0.29) is 30.2 Å². The van der Waals surface area contributed by atoms with E-state index in [9.17, 15) is 18.8 Å². The zero-order chi connectivity index (χ0) is 19.6. The molecule has 1 fully saturated rings. The molecule has 1 aromatic rings. The van der Waals surface area contributed by atoms with Crippen LogP contribution in [0.15, 0.2) is 18.2 Å². The molecular formula is C19H29FN2O3. The lowest BCUT2D eigenvalue weighted by Gasteiger charge is -2.22. The van der Waals surface area contributed by atoms with Crippen molar-refractivity contribution in [1.82, 2.24) is 10.6 Å². The second-order valence-electron chi connectivity index (χ2n) is 5.37. The zero-order valence-electron chi connectivity index (χ0n) is 15.9. The summed E-state index contributed by atoms with van der Waals surface area (Å²) < 4.78 is 14.0. The highest BCUT2D eigenvalue weighted by Gasteiger charge is 2.28. The van der Waals surface area contributed by atoms with Crippen LogP contribution in [0.1, 0.15) is 76.2 Å². The lowest BCUT2D eigenvalue weighted by atomic mass is 10.0. The normalized spacial score (nSPS) is 16.1. The highest BCUT2D eigenvalue weighted by Crippen LogP contribution is 2.18. The molecule has 2 N–H and O–H groups in total. The maximum atomic E-state index is 14.0. The number of halogens is 1. The molecule has 25 heavy (non-hydrogen) atoms. The van der Waals surface area contributed by atoms with Gasteiger partial charge in [-0.2, -0.15) is 0 Å². The molecule has 5 nitrogen and oxygen atoms in total. The van der Waals surface area contributed by atoms with Crippen molar-refractivity contribution in [2.75, 3.05) is 0 Å². The Morgan fingerprint density at radius 1 is 1.20 bits per heavy atom. The lowest BCUT2D eigenvalue weighted by Crippen LogP contribution is -2.52. The quantitative estimate of drug-likeness (QED) is 0.817. The summed E-state index contributed by atoms with van der Waals surface area (Å²) in [5.74, 6) is -2.04. The number of benzene rings is 1. The summed E-state index contributed by atoms with van der Waals surface area (Å²) in [6.07, 6.45) is 0.382. The smallest absolute Gasteiger partial charge is 0.254 e. The molecule has 0 spiro atoms. The molecule has 1 atom stereocenters. The third kappa shape index (κ3) is 6.64. The van der Waals surface area contributed by atoms with Gasteiger partial charge in [-0.25, -0.2) is 4.39 Å². The van der Waals surface area contributed by atoms with Gasteiger partial charge in [-0.3, -0.25) is 19.7 Å². The molecule has 1 aromatic carbocycles. The summed E-state index contributed by atoms with van der Waals surface area (Å²) in [5, 5.41) is 4.59. The highest BCUT2D eigenvalue weighted by atomic mass is 19.1. The van der Waals surface area contributed by atoms with Gasteiger partial charge in [-0.15, -0.1) is 0 Å². The number of rotatable bonds is 3. The largest absolute Gasteiger partial charge is 0.340 e. The first-order valence-electron chi connectivity index (χ1n) is 8.82. The molecule has 1 saturated heterocycles. The number of amides is 3. The second-order valence-corrected chi connectivity index (χ2v) is 5.37. The minimum Gasteiger partial charge on any atom is -0.340 e. The molecule has 1 unspecified atom stereocenters. The van der Waals surface area contributed by atoms with Crippen LogP contribution < -0.4 is 10.6 Å². The van der Waals surface area contributed by atoms with Crippen molar-refractivity contribution in [3.8, 4) is 0 Å². The summed E-state index contributed by atoms with van der Waals surface area (Å²) in [5.41, 5.74) is 0.689. The van der Waals surface area contributed by atoms with Crippen LogP contribution in [0.4, 0.5) is 4.39 Å². The van der Waals surface area contributed by atoms with Gasteiger partial charge in [0.1, 0.15) is 11.9 Å². The van der Waals surface area contributed by atoms with Gasteiger partial charge in [-0.1, -0.05) is 47.6 Å². The molecule has 1 heterocycles. The Balaban J connectivity index is 0.00000134. The minimum atomic E-state index is -0.806. The first-order valence-corrected chi connectivity index (χ1v) is 8.82. The molecule has 2 rings (SSSR count). The van der Waals surface area contributed by atoms with Crippen LogP contribution in [0, 0.1) is 5.82 Å². The Bertz CT molecular complexity index is 600. The van der Waals surface area contributed by atoms with Gasteiger partial charge in [0.25, 0.3) is 5.91 Å². The number of carbonyl (C=O) groups excluding carboxylic acids is 3. The van der Waals surface area contributed by atoms with Gasteiger partial charge in [0.15, 0.2) is 0 Å². The fourth-order valence-corrected chi connectivity index (χ4v) is 2.14. The van der Waals surface area contributed by atoms with Crippen LogP contribution in [0.5, 0.6) is 0 Å². The van der Waals surface area contributed by atoms with Gasteiger partial charge in [-0.05, 0) is 30.0 Å². The first-order chi connectivity index (χ1) is 11.9. The lowest BCUT2D eigenvalue weighted by molar-refractivity contribution is -0.134. The topological polar surface area (TPSA) is 75.3 Å². The molecular weight excluding hydrogens is 323 g/mol. The highest BCUT2D eigenvalue weighted by molar-refractivity contribution is 6.03. The number of hydrogen-bond acceptors (Lipinski definition) is 3. The van der Waals surface area contributed by atoms with E-state index >= 15 is 0 Å². The Morgan fingerprint density at radius 2 is 1.80 bits per heavy atom. The summed E-state index contributed by atoms with van der Waals surface area (Å²) in [4.78, 5) is 34.6. The maximum absolute atomic E-state index is 14.0. The Morgan fingerprint density at radius 3 is 2.28 bits per heavy atom. The van der Waals surface area contributed by atoms with Crippen molar-refractivity contribution in [3.05, 3.63) is 35.1 Å². The van der Waals surface area contributed by atoms with Gasteiger partial charge in [0.05, 0.1) is 5.56 Å². The van der Waals surface area contributed by atoms with Gasteiger partial charge in [0.2, 0.25) is 11.8 Å². The van der Waals surface area contributed by atoms with Crippen molar-refractivity contribution in [1.29, 1.82) is 0 Å². The second kappa shape index (κ2) is 11.3. The van der Waals surface area contributed by atoms with Crippen molar-refractivity contribution >= 4 is 17.7 Å². The summed E-state index contributed by atoms with van der Waals surface area (Å²) in [7, 11) is 0. The standard InChI is InChI=1S/C15H17FN2O3.2C2H6/c1-8(2)9-3-4-10(11(16)7-9)14(20)17-12-5-6-13(19)18-15(12)21;2*1-2/h3-4,7-8,12H,5-6H2,1-2H3,(H,17,20)(H,18,19,21);2*1-2H3.